The van der Waals surface area contributed by atoms with Crippen molar-refractivity contribution in [1.82, 2.24) is 5.32 Å². The lowest BCUT2D eigenvalue weighted by molar-refractivity contribution is -0.127. The average Bonchev–Trinajstić information content (AvgIpc) is 2.94. The lowest BCUT2D eigenvalue weighted by Crippen LogP contribution is -2.42. The Morgan fingerprint density at radius 1 is 1.10 bits per heavy atom. The van der Waals surface area contributed by atoms with Crippen LogP contribution < -0.4 is 20.5 Å². The van der Waals surface area contributed by atoms with Crippen LogP contribution in [-0.4, -0.2) is 57.1 Å². The van der Waals surface area contributed by atoms with E-state index in [1.54, 1.807) is 32.4 Å². The maximum atomic E-state index is 13.9. The Morgan fingerprint density at radius 3 is 2.46 bits per heavy atom. The zero-order valence-electron chi connectivity index (χ0n) is 25.3. The van der Waals surface area contributed by atoms with Crippen molar-refractivity contribution in [3.8, 4) is 11.5 Å². The van der Waals surface area contributed by atoms with Crippen molar-refractivity contribution in [2.75, 3.05) is 34.0 Å². The number of aliphatic hydroxyl groups excluding tert-OH is 1. The molecule has 2 rings (SSSR count). The van der Waals surface area contributed by atoms with Crippen LogP contribution >= 0.6 is 0 Å². The van der Waals surface area contributed by atoms with Gasteiger partial charge in [0.2, 0.25) is 5.91 Å². The monoisotopic (exact) mass is 572 g/mol. The molecule has 0 heterocycles. The first-order valence-corrected chi connectivity index (χ1v) is 14.5. The van der Waals surface area contributed by atoms with Crippen LogP contribution in [0, 0.1) is 23.6 Å². The Labute approximate surface area is 245 Å². The fourth-order valence-electron chi connectivity index (χ4n) is 4.84. The molecule has 1 amide bonds. The van der Waals surface area contributed by atoms with E-state index < -0.39 is 18.1 Å². The molecule has 0 aliphatic carbocycles. The Balaban J connectivity index is 1.98. The van der Waals surface area contributed by atoms with Crippen molar-refractivity contribution < 1.29 is 28.5 Å². The lowest BCUT2D eigenvalue weighted by atomic mass is 9.82. The quantitative estimate of drug-likeness (QED) is 0.160. The van der Waals surface area contributed by atoms with Crippen molar-refractivity contribution in [1.29, 1.82) is 0 Å². The van der Waals surface area contributed by atoms with Gasteiger partial charge in [0.15, 0.2) is 11.5 Å². The van der Waals surface area contributed by atoms with Crippen LogP contribution in [-0.2, 0) is 22.4 Å². The molecule has 0 saturated heterocycles. The van der Waals surface area contributed by atoms with E-state index in [1.165, 1.54) is 6.07 Å². The summed E-state index contributed by atoms with van der Waals surface area (Å²) in [6.45, 7) is 11.5. The van der Waals surface area contributed by atoms with Gasteiger partial charge in [-0.1, -0.05) is 50.3 Å². The predicted octanol–water partition coefficient (Wildman–Crippen LogP) is 5.08. The molecule has 0 bridgehead atoms. The van der Waals surface area contributed by atoms with E-state index in [0.717, 1.165) is 17.6 Å². The number of carbonyl (C=O) groups is 1. The number of amides is 1. The lowest BCUT2D eigenvalue weighted by Gasteiger charge is -2.29. The van der Waals surface area contributed by atoms with Crippen LogP contribution in [0.1, 0.15) is 51.2 Å². The molecule has 4 N–H and O–H groups in total. The first kappa shape index (κ1) is 34.3. The standard InChI is InChI=1S/C33H49FN2O5/c1-22(2)26(18-24-12-13-31(40-6)32(19-24)41-17-9-16-39-5)20-29(35)30(37)21-27(23(3)4)33(38)36-15-14-25-10-7-8-11-28(25)34/h7-8,10-13,19,23,26-27,29-30,37H,1,9,14-18,20-21,35H2,2-6H3,(H,36,38)/t26-,27-,29-,30-/m0/s1. The van der Waals surface area contributed by atoms with Gasteiger partial charge in [-0.2, -0.15) is 0 Å². The normalized spacial score (nSPS) is 14.3. The molecule has 41 heavy (non-hydrogen) atoms. The van der Waals surface area contributed by atoms with Gasteiger partial charge >= 0.3 is 0 Å². The molecular formula is C33H49FN2O5. The Morgan fingerprint density at radius 2 is 1.83 bits per heavy atom. The molecule has 0 radical (unpaired) electrons. The highest BCUT2D eigenvalue weighted by Crippen LogP contribution is 2.31. The predicted molar refractivity (Wildman–Crippen MR) is 162 cm³/mol. The summed E-state index contributed by atoms with van der Waals surface area (Å²) in [6.07, 6.45) is 1.75. The summed E-state index contributed by atoms with van der Waals surface area (Å²) >= 11 is 0. The van der Waals surface area contributed by atoms with Crippen molar-refractivity contribution in [3.05, 3.63) is 71.6 Å². The summed E-state index contributed by atoms with van der Waals surface area (Å²) in [5.74, 6) is 0.514. The zero-order valence-corrected chi connectivity index (χ0v) is 25.3. The van der Waals surface area contributed by atoms with Gasteiger partial charge in [-0.15, -0.1) is 0 Å². The first-order chi connectivity index (χ1) is 19.6. The first-order valence-electron chi connectivity index (χ1n) is 14.5. The van der Waals surface area contributed by atoms with Crippen LogP contribution in [0.3, 0.4) is 0 Å². The van der Waals surface area contributed by atoms with E-state index in [4.69, 9.17) is 19.9 Å². The number of allylic oxidation sites excluding steroid dienone is 1. The highest BCUT2D eigenvalue weighted by atomic mass is 19.1. The van der Waals surface area contributed by atoms with Gasteiger partial charge < -0.3 is 30.4 Å². The molecule has 0 aliphatic rings. The minimum atomic E-state index is -0.864. The van der Waals surface area contributed by atoms with Crippen LogP contribution in [0.25, 0.3) is 0 Å². The molecule has 0 aromatic heterocycles. The van der Waals surface area contributed by atoms with Gasteiger partial charge in [0.1, 0.15) is 5.82 Å². The molecule has 228 valence electrons. The summed E-state index contributed by atoms with van der Waals surface area (Å²) in [4.78, 5) is 13.0. The van der Waals surface area contributed by atoms with Gasteiger partial charge in [-0.25, -0.2) is 4.39 Å². The Hall–Kier alpha value is -2.94. The molecule has 2 aromatic carbocycles. The fraction of sp³-hybridized carbons (Fsp3) is 0.545. The highest BCUT2D eigenvalue weighted by molar-refractivity contribution is 5.78. The van der Waals surface area contributed by atoms with Gasteiger partial charge in [-0.05, 0) is 73.8 Å². The summed E-state index contributed by atoms with van der Waals surface area (Å²) in [5.41, 5.74) is 9.08. The molecule has 4 atom stereocenters. The third kappa shape index (κ3) is 11.5. The molecule has 0 fully saturated rings. The van der Waals surface area contributed by atoms with Gasteiger partial charge in [-0.3, -0.25) is 4.79 Å². The third-order valence-electron chi connectivity index (χ3n) is 7.50. The number of halogens is 1. The molecule has 0 aliphatic heterocycles. The second kappa shape index (κ2) is 17.8. The zero-order chi connectivity index (χ0) is 30.4. The maximum absolute atomic E-state index is 13.9. The minimum absolute atomic E-state index is 0.00357. The molecule has 0 spiro atoms. The molecule has 2 aromatic rings. The number of methoxy groups -OCH3 is 2. The number of rotatable bonds is 19. The van der Waals surface area contributed by atoms with E-state index in [0.29, 0.717) is 56.1 Å². The Bertz CT molecular complexity index is 1090. The largest absolute Gasteiger partial charge is 0.493 e. The van der Waals surface area contributed by atoms with E-state index >= 15 is 0 Å². The summed E-state index contributed by atoms with van der Waals surface area (Å²) in [6, 6.07) is 11.9. The number of ether oxygens (including phenoxy) is 3. The van der Waals surface area contributed by atoms with Gasteiger partial charge in [0, 0.05) is 38.6 Å². The number of nitrogens with one attached hydrogen (secondary N) is 1. The van der Waals surface area contributed by atoms with E-state index in [2.05, 4.69) is 11.9 Å². The third-order valence-corrected chi connectivity index (χ3v) is 7.50. The van der Waals surface area contributed by atoms with E-state index in [9.17, 15) is 14.3 Å². The molecule has 0 saturated carbocycles. The second-order valence-corrected chi connectivity index (χ2v) is 11.1. The number of hydrogen-bond acceptors (Lipinski definition) is 6. The summed E-state index contributed by atoms with van der Waals surface area (Å²) in [5, 5.41) is 14.0. The van der Waals surface area contributed by atoms with Crippen molar-refractivity contribution in [3.63, 3.8) is 0 Å². The molecule has 7 nitrogen and oxygen atoms in total. The Kier molecular flexibility index (Phi) is 14.9. The summed E-state index contributed by atoms with van der Waals surface area (Å²) < 4.78 is 30.4. The van der Waals surface area contributed by atoms with Gasteiger partial charge in [0.05, 0.1) is 19.8 Å². The van der Waals surface area contributed by atoms with E-state index in [1.807, 2.05) is 39.0 Å². The SMILES string of the molecule is C=C(C)[C@@H](Cc1ccc(OC)c(OCCCOC)c1)C[C@H](N)[C@@H](O)C[C@H](C(=O)NCCc1ccccc1F)C(C)C. The topological polar surface area (TPSA) is 103 Å². The van der Waals surface area contributed by atoms with E-state index in [-0.39, 0.29) is 30.0 Å². The highest BCUT2D eigenvalue weighted by Gasteiger charge is 2.29. The van der Waals surface area contributed by atoms with Crippen LogP contribution in [0.2, 0.25) is 0 Å². The number of carbonyl (C=O) groups excluding carboxylic acids is 1. The van der Waals surface area contributed by atoms with Crippen LogP contribution in [0.15, 0.2) is 54.6 Å². The molecule has 0 unspecified atom stereocenters. The number of benzene rings is 2. The molecule has 8 heteroatoms. The smallest absolute Gasteiger partial charge is 0.223 e. The van der Waals surface area contributed by atoms with Crippen molar-refractivity contribution in [2.45, 2.75) is 65.0 Å². The number of aliphatic hydroxyl groups is 1. The average molecular weight is 573 g/mol. The van der Waals surface area contributed by atoms with Gasteiger partial charge in [0.25, 0.3) is 0 Å². The summed E-state index contributed by atoms with van der Waals surface area (Å²) in [7, 11) is 3.27. The fourth-order valence-corrected chi connectivity index (χ4v) is 4.84. The second-order valence-electron chi connectivity index (χ2n) is 11.1. The van der Waals surface area contributed by atoms with Crippen LogP contribution in [0.4, 0.5) is 4.39 Å². The number of hydrogen-bond donors (Lipinski definition) is 3. The van der Waals surface area contributed by atoms with Crippen LogP contribution in [0.5, 0.6) is 11.5 Å². The van der Waals surface area contributed by atoms with Crippen molar-refractivity contribution in [2.24, 2.45) is 23.5 Å². The minimum Gasteiger partial charge on any atom is -0.493 e. The van der Waals surface area contributed by atoms with Crippen molar-refractivity contribution >= 4 is 5.91 Å². The number of nitrogens with two attached hydrogens (primary N) is 1. The maximum Gasteiger partial charge on any atom is 0.223 e. The molecular weight excluding hydrogens is 523 g/mol.